The van der Waals surface area contributed by atoms with Crippen LogP contribution in [0.4, 0.5) is 8.78 Å². The number of hydrogen-bond acceptors (Lipinski definition) is 6. The molecule has 1 aliphatic rings. The first-order valence-electron chi connectivity index (χ1n) is 11.9. The number of aliphatic hydroxyl groups is 1. The van der Waals surface area contributed by atoms with Gasteiger partial charge in [0.05, 0.1) is 19.3 Å². The van der Waals surface area contributed by atoms with Crippen LogP contribution in [0.15, 0.2) is 47.5 Å². The van der Waals surface area contributed by atoms with E-state index in [0.29, 0.717) is 19.6 Å². The summed E-state index contributed by atoms with van der Waals surface area (Å²) < 4.78 is 32.3. The van der Waals surface area contributed by atoms with Gasteiger partial charge in [-0.2, -0.15) is 0 Å². The smallest absolute Gasteiger partial charge is 0.259 e. The lowest BCUT2D eigenvalue weighted by Gasteiger charge is -2.26. The summed E-state index contributed by atoms with van der Waals surface area (Å²) in [5.41, 5.74) is 1.35. The number of nitrogens with zero attached hydrogens (tertiary/aromatic N) is 3. The number of likely N-dealkylation sites (tertiary alicyclic amines) is 1. The van der Waals surface area contributed by atoms with Gasteiger partial charge < -0.3 is 15.2 Å². The third-order valence-corrected chi connectivity index (χ3v) is 5.73. The zero-order valence-corrected chi connectivity index (χ0v) is 19.7. The second kappa shape index (κ2) is 13.7. The van der Waals surface area contributed by atoms with Gasteiger partial charge in [0.2, 0.25) is 0 Å². The molecule has 0 aromatic heterocycles. The maximum absolute atomic E-state index is 13.4. The van der Waals surface area contributed by atoms with E-state index in [9.17, 15) is 24.0 Å². The standard InChI is InChI=1S/C25H32F2N4O4/c26-22-9-8-20(15-23(22)27)24(32)16-29-25(18-31(33)34)28-10-5-13-35-21-7-4-6-19(14-21)17-30-11-2-1-3-12-30/h4,6-9,14-15,24,32H,1-3,5,10-13,16-18H2,(H,28,29). The van der Waals surface area contributed by atoms with Crippen molar-refractivity contribution in [3.63, 3.8) is 0 Å². The van der Waals surface area contributed by atoms with E-state index in [2.05, 4.69) is 21.3 Å². The Morgan fingerprint density at radius 1 is 1.17 bits per heavy atom. The third-order valence-electron chi connectivity index (χ3n) is 5.73. The molecule has 0 bridgehead atoms. The number of aliphatic imine (C=N–C) groups is 1. The van der Waals surface area contributed by atoms with Crippen molar-refractivity contribution in [1.82, 2.24) is 10.2 Å². The number of ether oxygens (including phenoxy) is 1. The van der Waals surface area contributed by atoms with Crippen molar-refractivity contribution < 1.29 is 23.5 Å². The van der Waals surface area contributed by atoms with E-state index >= 15 is 0 Å². The van der Waals surface area contributed by atoms with E-state index in [-0.39, 0.29) is 17.9 Å². The molecule has 190 valence electrons. The van der Waals surface area contributed by atoms with E-state index in [4.69, 9.17) is 4.74 Å². The van der Waals surface area contributed by atoms with E-state index in [1.807, 2.05) is 18.2 Å². The predicted octanol–water partition coefficient (Wildman–Crippen LogP) is 3.72. The van der Waals surface area contributed by atoms with Crippen molar-refractivity contribution in [2.45, 2.75) is 38.3 Å². The summed E-state index contributed by atoms with van der Waals surface area (Å²) in [5.74, 6) is -1.21. The van der Waals surface area contributed by atoms with Gasteiger partial charge in [0.25, 0.3) is 6.54 Å². The van der Waals surface area contributed by atoms with Gasteiger partial charge in [-0.3, -0.25) is 20.0 Å². The number of benzene rings is 2. The summed E-state index contributed by atoms with van der Waals surface area (Å²) in [6, 6.07) is 11.1. The molecule has 1 unspecified atom stereocenters. The number of rotatable bonds is 12. The lowest BCUT2D eigenvalue weighted by Crippen LogP contribution is -2.32. The average Bonchev–Trinajstić information content (AvgIpc) is 2.84. The Balaban J connectivity index is 1.43. The molecule has 2 aromatic rings. The minimum atomic E-state index is -1.21. The molecule has 10 heteroatoms. The average molecular weight is 491 g/mol. The van der Waals surface area contributed by atoms with Crippen LogP contribution in [-0.4, -0.2) is 60.1 Å². The fraction of sp³-hybridized carbons (Fsp3) is 0.480. The van der Waals surface area contributed by atoms with Crippen molar-refractivity contribution >= 4 is 5.84 Å². The van der Waals surface area contributed by atoms with Gasteiger partial charge in [-0.1, -0.05) is 24.6 Å². The first-order chi connectivity index (χ1) is 16.9. The summed E-state index contributed by atoms with van der Waals surface area (Å²) in [7, 11) is 0. The molecule has 0 aliphatic carbocycles. The monoisotopic (exact) mass is 490 g/mol. The molecule has 1 heterocycles. The van der Waals surface area contributed by atoms with Crippen molar-refractivity contribution in [3.05, 3.63) is 75.3 Å². The SMILES string of the molecule is O=[N+]([O-])CC(=NCC(O)c1ccc(F)c(F)c1)NCCCOc1cccc(CN2CCCCC2)c1. The van der Waals surface area contributed by atoms with Crippen LogP contribution in [0.1, 0.15) is 42.9 Å². The molecule has 3 rings (SSSR count). The number of aliphatic hydroxyl groups excluding tert-OH is 1. The Hall–Kier alpha value is -3.11. The van der Waals surface area contributed by atoms with Gasteiger partial charge in [0.1, 0.15) is 5.75 Å². The Kier molecular flexibility index (Phi) is 10.4. The largest absolute Gasteiger partial charge is 0.494 e. The van der Waals surface area contributed by atoms with Gasteiger partial charge in [0, 0.05) is 18.0 Å². The number of halogens is 2. The van der Waals surface area contributed by atoms with Crippen LogP contribution < -0.4 is 10.1 Å². The van der Waals surface area contributed by atoms with Gasteiger partial charge in [0.15, 0.2) is 17.5 Å². The number of nitro groups is 1. The van der Waals surface area contributed by atoms with Gasteiger partial charge in [-0.05, 0) is 67.7 Å². The van der Waals surface area contributed by atoms with E-state index in [1.54, 1.807) is 0 Å². The predicted molar refractivity (Wildman–Crippen MR) is 129 cm³/mol. The van der Waals surface area contributed by atoms with Gasteiger partial charge in [-0.25, -0.2) is 8.78 Å². The van der Waals surface area contributed by atoms with Gasteiger partial charge in [-0.15, -0.1) is 0 Å². The Morgan fingerprint density at radius 2 is 1.97 bits per heavy atom. The third kappa shape index (κ3) is 9.22. The molecule has 8 nitrogen and oxygen atoms in total. The molecule has 1 aliphatic heterocycles. The Bertz CT molecular complexity index is 999. The molecule has 1 fully saturated rings. The quantitative estimate of drug-likeness (QED) is 0.155. The molecule has 1 saturated heterocycles. The molecule has 0 amide bonds. The van der Waals surface area contributed by atoms with Crippen LogP contribution in [0.3, 0.4) is 0 Å². The summed E-state index contributed by atoms with van der Waals surface area (Å²) in [5, 5.41) is 24.0. The molecule has 2 N–H and O–H groups in total. The zero-order valence-electron chi connectivity index (χ0n) is 19.7. The van der Waals surface area contributed by atoms with E-state index < -0.39 is 29.2 Å². The number of piperidine rings is 1. The van der Waals surface area contributed by atoms with Crippen LogP contribution in [0.5, 0.6) is 5.75 Å². The van der Waals surface area contributed by atoms with Crippen molar-refractivity contribution in [2.24, 2.45) is 4.99 Å². The minimum Gasteiger partial charge on any atom is -0.494 e. The maximum atomic E-state index is 13.4. The molecule has 0 spiro atoms. The fourth-order valence-corrected chi connectivity index (χ4v) is 3.91. The van der Waals surface area contributed by atoms with Crippen molar-refractivity contribution in [2.75, 3.05) is 39.3 Å². The highest BCUT2D eigenvalue weighted by Gasteiger charge is 2.13. The molecule has 0 saturated carbocycles. The zero-order chi connectivity index (χ0) is 25.0. The highest BCUT2D eigenvalue weighted by molar-refractivity contribution is 5.83. The normalized spacial score (nSPS) is 15.6. The summed E-state index contributed by atoms with van der Waals surface area (Å²) >= 11 is 0. The number of hydrogen-bond donors (Lipinski definition) is 2. The maximum Gasteiger partial charge on any atom is 0.259 e. The summed E-state index contributed by atoms with van der Waals surface area (Å²) in [6.45, 7) is 3.22. The molecule has 35 heavy (non-hydrogen) atoms. The van der Waals surface area contributed by atoms with Crippen LogP contribution in [0.25, 0.3) is 0 Å². The van der Waals surface area contributed by atoms with Crippen LogP contribution in [0.2, 0.25) is 0 Å². The van der Waals surface area contributed by atoms with Crippen LogP contribution in [0, 0.1) is 21.7 Å². The second-order valence-corrected chi connectivity index (χ2v) is 8.58. The lowest BCUT2D eigenvalue weighted by molar-refractivity contribution is -0.463. The van der Waals surface area contributed by atoms with Crippen LogP contribution in [-0.2, 0) is 6.54 Å². The lowest BCUT2D eigenvalue weighted by atomic mass is 10.1. The minimum absolute atomic E-state index is 0.0974. The van der Waals surface area contributed by atoms with Crippen LogP contribution >= 0.6 is 0 Å². The molecular formula is C25H32F2N4O4. The molecular weight excluding hydrogens is 458 g/mol. The second-order valence-electron chi connectivity index (χ2n) is 8.58. The summed E-state index contributed by atoms with van der Waals surface area (Å²) in [6.07, 6.45) is 3.16. The highest BCUT2D eigenvalue weighted by Crippen LogP contribution is 2.18. The number of amidine groups is 1. The molecule has 0 radical (unpaired) electrons. The summed E-state index contributed by atoms with van der Waals surface area (Å²) in [4.78, 5) is 16.9. The van der Waals surface area contributed by atoms with Crippen molar-refractivity contribution in [3.8, 4) is 5.75 Å². The first kappa shape index (κ1) is 26.5. The Labute approximate surface area is 203 Å². The molecule has 2 aromatic carbocycles. The number of nitrogens with one attached hydrogen (secondary N) is 1. The van der Waals surface area contributed by atoms with Gasteiger partial charge >= 0.3 is 0 Å². The molecule has 1 atom stereocenters. The van der Waals surface area contributed by atoms with E-state index in [0.717, 1.165) is 37.5 Å². The van der Waals surface area contributed by atoms with Crippen molar-refractivity contribution in [1.29, 1.82) is 0 Å². The Morgan fingerprint density at radius 3 is 2.71 bits per heavy atom. The first-order valence-corrected chi connectivity index (χ1v) is 11.9. The van der Waals surface area contributed by atoms with E-state index in [1.165, 1.54) is 30.9 Å². The fourth-order valence-electron chi connectivity index (χ4n) is 3.91. The highest BCUT2D eigenvalue weighted by atomic mass is 19.2. The topological polar surface area (TPSA) is 100 Å².